The largest absolute Gasteiger partial charge is 0.459 e. The van der Waals surface area contributed by atoms with Crippen molar-refractivity contribution in [1.82, 2.24) is 4.90 Å². The van der Waals surface area contributed by atoms with Crippen LogP contribution >= 0.6 is 0 Å². The number of rotatable bonds is 2. The van der Waals surface area contributed by atoms with Crippen LogP contribution in [-0.2, 0) is 4.74 Å². The van der Waals surface area contributed by atoms with E-state index in [9.17, 15) is 4.79 Å². The van der Waals surface area contributed by atoms with E-state index in [1.807, 2.05) is 13.8 Å². The highest BCUT2D eigenvalue weighted by molar-refractivity contribution is 5.93. The van der Waals surface area contributed by atoms with Crippen molar-refractivity contribution in [2.75, 3.05) is 19.8 Å². The summed E-state index contributed by atoms with van der Waals surface area (Å²) in [5.74, 6) is 0.234. The van der Waals surface area contributed by atoms with E-state index in [4.69, 9.17) is 14.3 Å². The first kappa shape index (κ1) is 12.1. The Morgan fingerprint density at radius 1 is 1.65 bits per heavy atom. The van der Waals surface area contributed by atoms with E-state index in [1.54, 1.807) is 11.0 Å². The van der Waals surface area contributed by atoms with Gasteiger partial charge in [-0.2, -0.15) is 0 Å². The highest BCUT2D eigenvalue weighted by Crippen LogP contribution is 2.18. The first-order valence-electron chi connectivity index (χ1n) is 5.71. The molecule has 17 heavy (non-hydrogen) atoms. The van der Waals surface area contributed by atoms with Gasteiger partial charge < -0.3 is 19.2 Å². The summed E-state index contributed by atoms with van der Waals surface area (Å²) >= 11 is 0. The molecule has 1 aliphatic heterocycles. The van der Waals surface area contributed by atoms with Crippen LogP contribution in [0.3, 0.4) is 0 Å². The Bertz CT molecular complexity index is 401. The van der Waals surface area contributed by atoms with Gasteiger partial charge in [-0.1, -0.05) is 0 Å². The van der Waals surface area contributed by atoms with Crippen molar-refractivity contribution >= 4 is 5.91 Å². The van der Waals surface area contributed by atoms with Crippen LogP contribution in [-0.4, -0.2) is 47.8 Å². The zero-order chi connectivity index (χ0) is 12.4. The lowest BCUT2D eigenvalue weighted by atomic mass is 10.1. The number of hydrogen-bond acceptors (Lipinski definition) is 4. The molecule has 1 N–H and O–H groups in total. The van der Waals surface area contributed by atoms with Crippen LogP contribution in [0, 0.1) is 6.92 Å². The molecule has 0 saturated carbocycles. The molecular formula is C12H17NO4. The van der Waals surface area contributed by atoms with E-state index in [-0.39, 0.29) is 24.7 Å². The number of morpholine rings is 1. The maximum atomic E-state index is 12.2. The van der Waals surface area contributed by atoms with Crippen LogP contribution < -0.4 is 0 Å². The topological polar surface area (TPSA) is 62.9 Å². The van der Waals surface area contributed by atoms with Gasteiger partial charge in [0.2, 0.25) is 0 Å². The number of aryl methyl sites for hydroxylation is 1. The molecule has 2 rings (SSSR count). The minimum absolute atomic E-state index is 0.00481. The van der Waals surface area contributed by atoms with Crippen molar-refractivity contribution in [3.8, 4) is 0 Å². The van der Waals surface area contributed by atoms with Gasteiger partial charge in [-0.05, 0) is 19.9 Å². The fraction of sp³-hybridized carbons (Fsp3) is 0.583. The summed E-state index contributed by atoms with van der Waals surface area (Å²) in [5, 5.41) is 9.08. The molecule has 2 heterocycles. The molecule has 0 aliphatic carbocycles. The number of ether oxygens (including phenoxy) is 1. The Hall–Kier alpha value is -1.33. The van der Waals surface area contributed by atoms with Crippen LogP contribution in [0.15, 0.2) is 16.7 Å². The van der Waals surface area contributed by atoms with Gasteiger partial charge in [0.25, 0.3) is 5.91 Å². The maximum Gasteiger partial charge on any atom is 0.290 e. The lowest BCUT2D eigenvalue weighted by Crippen LogP contribution is -2.52. The Morgan fingerprint density at radius 3 is 3.00 bits per heavy atom. The number of aliphatic hydroxyl groups is 1. The van der Waals surface area contributed by atoms with Gasteiger partial charge in [0.15, 0.2) is 5.76 Å². The first-order valence-corrected chi connectivity index (χ1v) is 5.71. The van der Waals surface area contributed by atoms with Crippen molar-refractivity contribution in [3.05, 3.63) is 23.7 Å². The zero-order valence-corrected chi connectivity index (χ0v) is 10.0. The number of carbonyl (C=O) groups is 1. The first-order chi connectivity index (χ1) is 8.13. The van der Waals surface area contributed by atoms with Crippen molar-refractivity contribution in [2.45, 2.75) is 26.0 Å². The van der Waals surface area contributed by atoms with E-state index in [0.717, 1.165) is 5.56 Å². The standard InChI is InChI=1S/C12H17NO4/c1-8-3-4-16-11(8)12(15)13-5-10(6-14)17-7-9(13)2/h3-4,9-10,14H,5-7H2,1-2H3. The lowest BCUT2D eigenvalue weighted by molar-refractivity contribution is -0.0674. The third kappa shape index (κ3) is 2.35. The fourth-order valence-corrected chi connectivity index (χ4v) is 1.93. The zero-order valence-electron chi connectivity index (χ0n) is 10.0. The minimum Gasteiger partial charge on any atom is -0.459 e. The monoisotopic (exact) mass is 239 g/mol. The average Bonchev–Trinajstić information content (AvgIpc) is 2.75. The summed E-state index contributed by atoms with van der Waals surface area (Å²) in [6.45, 7) is 4.52. The molecule has 1 amide bonds. The normalized spacial score (nSPS) is 25.0. The number of carbonyl (C=O) groups excluding carboxylic acids is 1. The van der Waals surface area contributed by atoms with Crippen LogP contribution in [0.4, 0.5) is 0 Å². The molecule has 1 aliphatic rings. The lowest BCUT2D eigenvalue weighted by Gasteiger charge is -2.37. The van der Waals surface area contributed by atoms with Gasteiger partial charge in [0.05, 0.1) is 31.6 Å². The molecule has 94 valence electrons. The maximum absolute atomic E-state index is 12.2. The van der Waals surface area contributed by atoms with Crippen molar-refractivity contribution in [2.24, 2.45) is 0 Å². The van der Waals surface area contributed by atoms with Gasteiger partial charge in [-0.3, -0.25) is 4.79 Å². The van der Waals surface area contributed by atoms with Crippen LogP contribution in [0.2, 0.25) is 0 Å². The SMILES string of the molecule is Cc1ccoc1C(=O)N1CC(CO)OCC1C. The molecule has 0 spiro atoms. The van der Waals surface area contributed by atoms with Crippen molar-refractivity contribution in [3.63, 3.8) is 0 Å². The highest BCUT2D eigenvalue weighted by Gasteiger charge is 2.31. The van der Waals surface area contributed by atoms with Gasteiger partial charge in [-0.15, -0.1) is 0 Å². The number of furan rings is 1. The second-order valence-electron chi connectivity index (χ2n) is 4.38. The molecule has 2 unspecified atom stereocenters. The summed E-state index contributed by atoms with van der Waals surface area (Å²) in [6, 6.07) is 1.76. The van der Waals surface area contributed by atoms with E-state index < -0.39 is 0 Å². The predicted octanol–water partition coefficient (Wildman–Crippen LogP) is 0.810. The molecule has 2 atom stereocenters. The van der Waals surface area contributed by atoms with Gasteiger partial charge in [0.1, 0.15) is 0 Å². The van der Waals surface area contributed by atoms with Crippen LogP contribution in [0.1, 0.15) is 23.0 Å². The van der Waals surface area contributed by atoms with E-state index >= 15 is 0 Å². The fourth-order valence-electron chi connectivity index (χ4n) is 1.93. The Labute approximate surface area is 100.0 Å². The number of hydrogen-bond donors (Lipinski definition) is 1. The molecule has 5 heteroatoms. The highest BCUT2D eigenvalue weighted by atomic mass is 16.5. The second-order valence-corrected chi connectivity index (χ2v) is 4.38. The van der Waals surface area contributed by atoms with E-state index in [1.165, 1.54) is 6.26 Å². The number of amides is 1. The van der Waals surface area contributed by atoms with E-state index in [2.05, 4.69) is 0 Å². The van der Waals surface area contributed by atoms with Crippen molar-refractivity contribution < 1.29 is 19.1 Å². The van der Waals surface area contributed by atoms with Crippen molar-refractivity contribution in [1.29, 1.82) is 0 Å². The Kier molecular flexibility index (Phi) is 3.49. The van der Waals surface area contributed by atoms with Gasteiger partial charge in [0, 0.05) is 12.1 Å². The third-order valence-corrected chi connectivity index (χ3v) is 3.03. The van der Waals surface area contributed by atoms with Gasteiger partial charge >= 0.3 is 0 Å². The Balaban J connectivity index is 2.15. The molecule has 1 aromatic heterocycles. The van der Waals surface area contributed by atoms with Gasteiger partial charge in [-0.25, -0.2) is 0 Å². The molecule has 0 bridgehead atoms. The van der Waals surface area contributed by atoms with Crippen LogP contribution in [0.25, 0.3) is 0 Å². The van der Waals surface area contributed by atoms with E-state index in [0.29, 0.717) is 18.9 Å². The molecule has 1 saturated heterocycles. The second kappa shape index (κ2) is 4.89. The smallest absolute Gasteiger partial charge is 0.290 e. The minimum atomic E-state index is -0.301. The summed E-state index contributed by atoms with van der Waals surface area (Å²) in [4.78, 5) is 13.9. The van der Waals surface area contributed by atoms with Crippen LogP contribution in [0.5, 0.6) is 0 Å². The molecule has 0 aromatic carbocycles. The average molecular weight is 239 g/mol. The summed E-state index contributed by atoms with van der Waals surface area (Å²) in [6.07, 6.45) is 1.21. The quantitative estimate of drug-likeness (QED) is 0.829. The Morgan fingerprint density at radius 2 is 2.41 bits per heavy atom. The summed E-state index contributed by atoms with van der Waals surface area (Å²) < 4.78 is 10.6. The number of nitrogens with zero attached hydrogens (tertiary/aromatic N) is 1. The molecule has 1 aromatic rings. The molecule has 5 nitrogen and oxygen atoms in total. The molecule has 1 fully saturated rings. The number of aliphatic hydroxyl groups excluding tert-OH is 1. The third-order valence-electron chi connectivity index (χ3n) is 3.03. The summed E-state index contributed by atoms with van der Waals surface area (Å²) in [5.41, 5.74) is 0.828. The molecule has 0 radical (unpaired) electrons. The molecular weight excluding hydrogens is 222 g/mol. The summed E-state index contributed by atoms with van der Waals surface area (Å²) in [7, 11) is 0. The predicted molar refractivity (Wildman–Crippen MR) is 60.8 cm³/mol.